The van der Waals surface area contributed by atoms with E-state index >= 15 is 0 Å². The number of unbranched alkanes of at least 4 members (excludes halogenated alkanes) is 1. The Morgan fingerprint density at radius 2 is 2.17 bits per heavy atom. The van der Waals surface area contributed by atoms with E-state index in [0.29, 0.717) is 13.0 Å². The number of benzene rings is 1. The van der Waals surface area contributed by atoms with Gasteiger partial charge >= 0.3 is 0 Å². The zero-order chi connectivity index (χ0) is 16.3. The lowest BCUT2D eigenvalue weighted by Gasteiger charge is -2.24. The Morgan fingerprint density at radius 1 is 1.35 bits per heavy atom. The van der Waals surface area contributed by atoms with Crippen molar-refractivity contribution in [3.63, 3.8) is 0 Å². The van der Waals surface area contributed by atoms with Crippen LogP contribution in [0.5, 0.6) is 5.75 Å². The lowest BCUT2D eigenvalue weighted by atomic mass is 10.2. The first-order chi connectivity index (χ1) is 11.3. The lowest BCUT2D eigenvalue weighted by Crippen LogP contribution is -2.35. The molecular weight excluding hydrogens is 286 g/mol. The van der Waals surface area contributed by atoms with E-state index in [9.17, 15) is 0 Å². The molecule has 1 aliphatic rings. The number of nitrogens with one attached hydrogen (secondary N) is 1. The van der Waals surface area contributed by atoms with E-state index in [1.165, 1.54) is 31.2 Å². The van der Waals surface area contributed by atoms with Crippen LogP contribution in [0.2, 0.25) is 0 Å². The van der Waals surface area contributed by atoms with E-state index in [2.05, 4.69) is 35.5 Å². The molecule has 0 amide bonds. The van der Waals surface area contributed by atoms with E-state index in [0.717, 1.165) is 37.8 Å². The van der Waals surface area contributed by atoms with E-state index in [4.69, 9.17) is 10.00 Å². The molecule has 0 bridgehead atoms. The fourth-order valence-electron chi connectivity index (χ4n) is 3.10. The van der Waals surface area contributed by atoms with Crippen LogP contribution in [-0.4, -0.2) is 37.7 Å². The number of nitrogens with zero attached hydrogens (tertiary/aromatic N) is 2. The second kappa shape index (κ2) is 10.3. The fraction of sp³-hybridized carbons (Fsp3) is 0.632. The molecule has 0 spiro atoms. The third-order valence-electron chi connectivity index (χ3n) is 4.52. The van der Waals surface area contributed by atoms with Crippen molar-refractivity contribution in [1.82, 2.24) is 10.2 Å². The summed E-state index contributed by atoms with van der Waals surface area (Å²) in [6.45, 7) is 3.60. The number of hydrogen-bond donors (Lipinski definition) is 1. The third kappa shape index (κ3) is 6.60. The first kappa shape index (κ1) is 17.8. The molecule has 4 heteroatoms. The molecule has 1 N–H and O–H groups in total. The Hall–Kier alpha value is -1.57. The quantitative estimate of drug-likeness (QED) is 0.673. The monoisotopic (exact) mass is 315 g/mol. The Balaban J connectivity index is 1.64. The molecule has 4 nitrogen and oxygen atoms in total. The molecule has 126 valence electrons. The van der Waals surface area contributed by atoms with Gasteiger partial charge in [0, 0.05) is 32.1 Å². The standard InChI is InChI=1S/C19H29N3O/c1-22(18-8-2-3-9-18)13-12-21-16-17-7-6-10-19(15-17)23-14-5-4-11-20/h6-7,10,15,18,21H,2-5,8-9,12-14,16H2,1H3. The number of rotatable bonds is 10. The van der Waals surface area contributed by atoms with Gasteiger partial charge < -0.3 is 15.0 Å². The van der Waals surface area contributed by atoms with Gasteiger partial charge in [-0.25, -0.2) is 0 Å². The highest BCUT2D eigenvalue weighted by Crippen LogP contribution is 2.21. The van der Waals surface area contributed by atoms with Crippen LogP contribution in [0.15, 0.2) is 24.3 Å². The summed E-state index contributed by atoms with van der Waals surface area (Å²) in [6.07, 6.45) is 6.85. The van der Waals surface area contributed by atoms with Gasteiger partial charge in [-0.15, -0.1) is 0 Å². The molecule has 0 aromatic heterocycles. The van der Waals surface area contributed by atoms with Crippen LogP contribution in [-0.2, 0) is 6.54 Å². The lowest BCUT2D eigenvalue weighted by molar-refractivity contribution is 0.245. The van der Waals surface area contributed by atoms with Crippen molar-refractivity contribution in [1.29, 1.82) is 5.26 Å². The second-order valence-corrected chi connectivity index (χ2v) is 6.35. The maximum Gasteiger partial charge on any atom is 0.119 e. The summed E-state index contributed by atoms with van der Waals surface area (Å²) in [7, 11) is 2.24. The van der Waals surface area contributed by atoms with Crippen molar-refractivity contribution < 1.29 is 4.74 Å². The molecule has 0 unspecified atom stereocenters. The summed E-state index contributed by atoms with van der Waals surface area (Å²) < 4.78 is 5.67. The van der Waals surface area contributed by atoms with Crippen molar-refractivity contribution in [2.45, 2.75) is 51.1 Å². The molecule has 2 rings (SSSR count). The summed E-state index contributed by atoms with van der Waals surface area (Å²) in [6, 6.07) is 11.1. The van der Waals surface area contributed by atoms with Crippen LogP contribution in [0, 0.1) is 11.3 Å². The highest BCUT2D eigenvalue weighted by molar-refractivity contribution is 5.28. The average molecular weight is 315 g/mol. The van der Waals surface area contributed by atoms with Crippen LogP contribution < -0.4 is 10.1 Å². The summed E-state index contributed by atoms with van der Waals surface area (Å²) in [5.41, 5.74) is 1.24. The van der Waals surface area contributed by atoms with Crippen molar-refractivity contribution in [3.05, 3.63) is 29.8 Å². The third-order valence-corrected chi connectivity index (χ3v) is 4.52. The minimum absolute atomic E-state index is 0.551. The van der Waals surface area contributed by atoms with Gasteiger partial charge in [-0.05, 0) is 44.0 Å². The average Bonchev–Trinajstić information content (AvgIpc) is 3.10. The van der Waals surface area contributed by atoms with Crippen molar-refractivity contribution >= 4 is 0 Å². The SMILES string of the molecule is CN(CCNCc1cccc(OCCCC#N)c1)C1CCCC1. The summed E-state index contributed by atoms with van der Waals surface area (Å²) in [4.78, 5) is 2.49. The molecule has 1 saturated carbocycles. The number of hydrogen-bond acceptors (Lipinski definition) is 4. The Bertz CT molecular complexity index is 492. The first-order valence-corrected chi connectivity index (χ1v) is 8.79. The molecule has 1 aromatic rings. The molecular formula is C19H29N3O. The van der Waals surface area contributed by atoms with Crippen LogP contribution in [0.3, 0.4) is 0 Å². The molecule has 0 saturated heterocycles. The number of likely N-dealkylation sites (N-methyl/N-ethyl adjacent to an activating group) is 1. The van der Waals surface area contributed by atoms with Gasteiger partial charge in [-0.1, -0.05) is 25.0 Å². The highest BCUT2D eigenvalue weighted by atomic mass is 16.5. The van der Waals surface area contributed by atoms with Gasteiger partial charge in [0.05, 0.1) is 12.7 Å². The van der Waals surface area contributed by atoms with Gasteiger partial charge in [0.1, 0.15) is 5.75 Å². The zero-order valence-corrected chi connectivity index (χ0v) is 14.3. The van der Waals surface area contributed by atoms with E-state index in [-0.39, 0.29) is 0 Å². The smallest absolute Gasteiger partial charge is 0.119 e. The molecule has 1 aromatic carbocycles. The number of nitriles is 1. The minimum Gasteiger partial charge on any atom is -0.494 e. The van der Waals surface area contributed by atoms with Gasteiger partial charge in [-0.2, -0.15) is 5.26 Å². The van der Waals surface area contributed by atoms with E-state index < -0.39 is 0 Å². The molecule has 0 atom stereocenters. The van der Waals surface area contributed by atoms with Crippen LogP contribution in [0.1, 0.15) is 44.1 Å². The predicted octanol–water partition coefficient (Wildman–Crippen LogP) is 3.33. The predicted molar refractivity (Wildman–Crippen MR) is 93.4 cm³/mol. The molecule has 1 fully saturated rings. The van der Waals surface area contributed by atoms with Gasteiger partial charge in [0.15, 0.2) is 0 Å². The summed E-state index contributed by atoms with van der Waals surface area (Å²) >= 11 is 0. The highest BCUT2D eigenvalue weighted by Gasteiger charge is 2.18. The molecule has 23 heavy (non-hydrogen) atoms. The molecule has 0 aliphatic heterocycles. The van der Waals surface area contributed by atoms with Crippen LogP contribution >= 0.6 is 0 Å². The Labute approximate surface area is 140 Å². The summed E-state index contributed by atoms with van der Waals surface area (Å²) in [5.74, 6) is 0.894. The number of ether oxygens (including phenoxy) is 1. The summed E-state index contributed by atoms with van der Waals surface area (Å²) in [5, 5.41) is 12.0. The Kier molecular flexibility index (Phi) is 7.92. The van der Waals surface area contributed by atoms with E-state index in [1.807, 2.05) is 12.1 Å². The second-order valence-electron chi connectivity index (χ2n) is 6.35. The first-order valence-electron chi connectivity index (χ1n) is 8.79. The van der Waals surface area contributed by atoms with Crippen LogP contribution in [0.25, 0.3) is 0 Å². The van der Waals surface area contributed by atoms with Crippen molar-refractivity contribution in [2.75, 3.05) is 26.7 Å². The maximum atomic E-state index is 8.52. The van der Waals surface area contributed by atoms with Crippen molar-refractivity contribution in [3.8, 4) is 11.8 Å². The maximum absolute atomic E-state index is 8.52. The van der Waals surface area contributed by atoms with Gasteiger partial charge in [-0.3, -0.25) is 0 Å². The van der Waals surface area contributed by atoms with Crippen molar-refractivity contribution in [2.24, 2.45) is 0 Å². The van der Waals surface area contributed by atoms with Gasteiger partial charge in [0.2, 0.25) is 0 Å². The largest absolute Gasteiger partial charge is 0.494 e. The Morgan fingerprint density at radius 3 is 2.96 bits per heavy atom. The van der Waals surface area contributed by atoms with E-state index in [1.54, 1.807) is 0 Å². The normalized spacial score (nSPS) is 15.0. The van der Waals surface area contributed by atoms with Gasteiger partial charge in [0.25, 0.3) is 0 Å². The van der Waals surface area contributed by atoms with Crippen LogP contribution in [0.4, 0.5) is 0 Å². The molecule has 1 aliphatic carbocycles. The topological polar surface area (TPSA) is 48.3 Å². The molecule has 0 radical (unpaired) electrons. The fourth-order valence-corrected chi connectivity index (χ4v) is 3.10. The minimum atomic E-state index is 0.551. The molecule has 0 heterocycles. The zero-order valence-electron chi connectivity index (χ0n) is 14.3.